The normalized spacial score (nSPS) is 28.7. The maximum atomic E-state index is 11.4. The summed E-state index contributed by atoms with van der Waals surface area (Å²) in [5.41, 5.74) is 0.570. The molecule has 2 aliphatic rings. The molecule has 0 unspecified atom stereocenters. The highest BCUT2D eigenvalue weighted by molar-refractivity contribution is 5.88. The molecule has 6 heteroatoms. The van der Waals surface area contributed by atoms with E-state index >= 15 is 0 Å². The fraction of sp³-hybridized carbons (Fsp3) is 0.588. The molecule has 6 nitrogen and oxygen atoms in total. The molecule has 0 aromatic heterocycles. The van der Waals surface area contributed by atoms with Crippen LogP contribution >= 0.6 is 0 Å². The molecule has 0 spiro atoms. The first-order chi connectivity index (χ1) is 10.6. The quantitative estimate of drug-likeness (QED) is 0.631. The number of nitro benzene ring substituents is 1. The Labute approximate surface area is 135 Å². The van der Waals surface area contributed by atoms with Crippen molar-refractivity contribution < 1.29 is 14.8 Å². The lowest BCUT2D eigenvalue weighted by molar-refractivity contribution is -0.384. The van der Waals surface area contributed by atoms with Gasteiger partial charge in [0.1, 0.15) is 5.69 Å². The molecule has 3 rings (SSSR count). The van der Waals surface area contributed by atoms with Gasteiger partial charge in [0.25, 0.3) is 5.69 Å². The van der Waals surface area contributed by atoms with Gasteiger partial charge in [-0.25, -0.2) is 0 Å². The second-order valence-electron chi connectivity index (χ2n) is 8.09. The molecule has 1 aliphatic heterocycles. The van der Waals surface area contributed by atoms with Crippen molar-refractivity contribution in [2.45, 2.75) is 46.1 Å². The van der Waals surface area contributed by atoms with Gasteiger partial charge in [-0.3, -0.25) is 10.1 Å². The van der Waals surface area contributed by atoms with Crippen LogP contribution in [0.3, 0.4) is 0 Å². The highest BCUT2D eigenvalue weighted by Crippen LogP contribution is 2.54. The first-order valence-corrected chi connectivity index (χ1v) is 7.87. The summed E-state index contributed by atoms with van der Waals surface area (Å²) in [4.78, 5) is 24.0. The van der Waals surface area contributed by atoms with E-state index in [1.165, 1.54) is 6.07 Å². The van der Waals surface area contributed by atoms with Gasteiger partial charge in [0.15, 0.2) is 0 Å². The molecule has 1 heterocycles. The molecule has 0 N–H and O–H groups in total. The molecule has 2 atom stereocenters. The molecule has 1 aromatic carbocycles. The topological polar surface area (TPSA) is 86.5 Å². The van der Waals surface area contributed by atoms with E-state index in [1.807, 2.05) is 0 Å². The van der Waals surface area contributed by atoms with Crippen molar-refractivity contribution in [2.75, 3.05) is 11.4 Å². The second-order valence-corrected chi connectivity index (χ2v) is 8.09. The summed E-state index contributed by atoms with van der Waals surface area (Å²) in [5.74, 6) is -1.40. The molecule has 0 radical (unpaired) electrons. The smallest absolute Gasteiger partial charge is 0.293 e. The van der Waals surface area contributed by atoms with Crippen LogP contribution in [0.1, 0.15) is 50.4 Å². The van der Waals surface area contributed by atoms with E-state index in [0.29, 0.717) is 5.69 Å². The fourth-order valence-corrected chi connectivity index (χ4v) is 4.78. The number of anilines is 1. The lowest BCUT2D eigenvalue weighted by Crippen LogP contribution is -2.35. The number of rotatable bonds is 3. The van der Waals surface area contributed by atoms with Crippen LogP contribution in [0.15, 0.2) is 18.2 Å². The summed E-state index contributed by atoms with van der Waals surface area (Å²) < 4.78 is 0. The summed E-state index contributed by atoms with van der Waals surface area (Å²) in [5, 5.41) is 22.4. The standard InChI is InChI=1S/C17H22N2O4/c1-16(2)7-12-8-17(3,9-16)10-18(12)13-5-4-11(15(20)21)6-14(13)19(22)23/h4-6,12H,7-10H2,1-3H3,(H,20,21)/p-1/t12-,17+/m1/s1. The van der Waals surface area contributed by atoms with Crippen LogP contribution in [-0.4, -0.2) is 23.5 Å². The van der Waals surface area contributed by atoms with Crippen LogP contribution < -0.4 is 10.0 Å². The molecule has 1 aromatic rings. The molecule has 0 amide bonds. The average Bonchev–Trinajstić information content (AvgIpc) is 2.67. The van der Waals surface area contributed by atoms with Crippen molar-refractivity contribution in [1.82, 2.24) is 0 Å². The van der Waals surface area contributed by atoms with Crippen molar-refractivity contribution in [3.05, 3.63) is 33.9 Å². The molecule has 23 heavy (non-hydrogen) atoms. The summed E-state index contributed by atoms with van der Waals surface area (Å²) in [6.07, 6.45) is 3.11. The maximum Gasteiger partial charge on any atom is 0.293 e. The van der Waals surface area contributed by atoms with Gasteiger partial charge in [0, 0.05) is 24.2 Å². The number of carbonyl (C=O) groups is 1. The van der Waals surface area contributed by atoms with Crippen molar-refractivity contribution >= 4 is 17.3 Å². The fourth-order valence-electron chi connectivity index (χ4n) is 4.78. The van der Waals surface area contributed by atoms with Crippen LogP contribution in [-0.2, 0) is 0 Å². The third-order valence-corrected chi connectivity index (χ3v) is 5.13. The third kappa shape index (κ3) is 2.78. The molecule has 124 valence electrons. The SMILES string of the molecule is CC1(C)C[C@@H]2C[C@](C)(CN2c2ccc(C(=O)[O-])cc2[N+](=O)[O-])C1. The Kier molecular flexibility index (Phi) is 3.39. The van der Waals surface area contributed by atoms with E-state index in [1.54, 1.807) is 6.07 Å². The Bertz CT molecular complexity index is 685. The first-order valence-electron chi connectivity index (χ1n) is 7.87. The number of carboxylic acids is 1. The highest BCUT2D eigenvalue weighted by Gasteiger charge is 2.50. The number of fused-ring (bicyclic) bond motifs is 2. The van der Waals surface area contributed by atoms with Crippen LogP contribution in [0, 0.1) is 20.9 Å². The minimum absolute atomic E-state index is 0.146. The van der Waals surface area contributed by atoms with Crippen LogP contribution in [0.5, 0.6) is 0 Å². The average molecular weight is 317 g/mol. The Morgan fingerprint density at radius 3 is 2.61 bits per heavy atom. The molecular formula is C17H21N2O4-. The Hall–Kier alpha value is -2.11. The monoisotopic (exact) mass is 317 g/mol. The maximum absolute atomic E-state index is 11.4. The van der Waals surface area contributed by atoms with Gasteiger partial charge >= 0.3 is 0 Å². The summed E-state index contributed by atoms with van der Waals surface area (Å²) >= 11 is 0. The molecule has 1 saturated heterocycles. The highest BCUT2D eigenvalue weighted by atomic mass is 16.6. The van der Waals surface area contributed by atoms with E-state index in [-0.39, 0.29) is 28.1 Å². The molecule has 1 saturated carbocycles. The second kappa shape index (κ2) is 4.94. The van der Waals surface area contributed by atoms with Crippen molar-refractivity contribution in [3.8, 4) is 0 Å². The van der Waals surface area contributed by atoms with E-state index in [9.17, 15) is 20.0 Å². The minimum Gasteiger partial charge on any atom is -0.545 e. The Balaban J connectivity index is 2.02. The van der Waals surface area contributed by atoms with Crippen molar-refractivity contribution in [3.63, 3.8) is 0 Å². The molecule has 1 aliphatic carbocycles. The largest absolute Gasteiger partial charge is 0.545 e. The summed E-state index contributed by atoms with van der Waals surface area (Å²) in [6, 6.07) is 4.32. The summed E-state index contributed by atoms with van der Waals surface area (Å²) in [7, 11) is 0. The zero-order valence-corrected chi connectivity index (χ0v) is 13.7. The predicted octanol–water partition coefficient (Wildman–Crippen LogP) is 2.36. The van der Waals surface area contributed by atoms with E-state index in [2.05, 4.69) is 25.7 Å². The van der Waals surface area contributed by atoms with Gasteiger partial charge in [0.2, 0.25) is 0 Å². The number of aromatic carboxylic acids is 1. The number of hydrogen-bond acceptors (Lipinski definition) is 5. The molecular weight excluding hydrogens is 296 g/mol. The van der Waals surface area contributed by atoms with Crippen molar-refractivity contribution in [2.24, 2.45) is 10.8 Å². The van der Waals surface area contributed by atoms with E-state index in [0.717, 1.165) is 31.9 Å². The number of carbonyl (C=O) groups excluding carboxylic acids is 1. The van der Waals surface area contributed by atoms with E-state index in [4.69, 9.17) is 0 Å². The molecule has 2 fully saturated rings. The van der Waals surface area contributed by atoms with Crippen LogP contribution in [0.25, 0.3) is 0 Å². The Morgan fingerprint density at radius 2 is 2.00 bits per heavy atom. The lowest BCUT2D eigenvalue weighted by Gasteiger charge is -2.39. The van der Waals surface area contributed by atoms with Crippen LogP contribution in [0.4, 0.5) is 11.4 Å². The summed E-state index contributed by atoms with van der Waals surface area (Å²) in [6.45, 7) is 7.50. The zero-order valence-electron chi connectivity index (χ0n) is 13.7. The number of nitro groups is 1. The Morgan fingerprint density at radius 1 is 1.30 bits per heavy atom. The number of benzene rings is 1. The van der Waals surface area contributed by atoms with Crippen LogP contribution in [0.2, 0.25) is 0 Å². The van der Waals surface area contributed by atoms with Gasteiger partial charge in [-0.15, -0.1) is 0 Å². The van der Waals surface area contributed by atoms with E-state index < -0.39 is 10.9 Å². The molecule has 2 bridgehead atoms. The van der Waals surface area contributed by atoms with Gasteiger partial charge in [-0.05, 0) is 36.2 Å². The number of hydrogen-bond donors (Lipinski definition) is 0. The predicted molar refractivity (Wildman–Crippen MR) is 84.3 cm³/mol. The zero-order chi connectivity index (χ0) is 17.0. The van der Waals surface area contributed by atoms with Gasteiger partial charge in [-0.1, -0.05) is 26.8 Å². The third-order valence-electron chi connectivity index (χ3n) is 5.13. The number of carboxylic acid groups (broad SMARTS) is 1. The van der Waals surface area contributed by atoms with Gasteiger partial charge in [0.05, 0.1) is 10.9 Å². The van der Waals surface area contributed by atoms with Gasteiger partial charge in [-0.2, -0.15) is 0 Å². The number of nitrogens with zero attached hydrogens (tertiary/aromatic N) is 2. The first kappa shape index (κ1) is 15.8. The minimum atomic E-state index is -1.40. The lowest BCUT2D eigenvalue weighted by atomic mass is 9.65. The van der Waals surface area contributed by atoms with Gasteiger partial charge < -0.3 is 14.8 Å². The van der Waals surface area contributed by atoms with Crippen molar-refractivity contribution in [1.29, 1.82) is 0 Å².